The van der Waals surface area contributed by atoms with Crippen LogP contribution in [-0.2, 0) is 6.18 Å². The molecule has 0 bridgehead atoms. The second-order valence-electron chi connectivity index (χ2n) is 3.06. The molecule has 0 amide bonds. The summed E-state index contributed by atoms with van der Waals surface area (Å²) in [4.78, 5) is 3.84. The first-order chi connectivity index (χ1) is 7.88. The summed E-state index contributed by atoms with van der Waals surface area (Å²) in [5, 5.41) is 0.363. The summed E-state index contributed by atoms with van der Waals surface area (Å²) in [6.45, 7) is 0. The van der Waals surface area contributed by atoms with Gasteiger partial charge < -0.3 is 0 Å². The molecule has 1 aromatic heterocycles. The Hall–Kier alpha value is -0.660. The van der Waals surface area contributed by atoms with Crippen molar-refractivity contribution in [3.8, 4) is 10.6 Å². The molecule has 0 N–H and O–H groups in total. The highest BCUT2D eigenvalue weighted by Gasteiger charge is 2.31. The van der Waals surface area contributed by atoms with E-state index in [4.69, 9.17) is 11.6 Å². The zero-order valence-electron chi connectivity index (χ0n) is 7.92. The summed E-state index contributed by atoms with van der Waals surface area (Å²) in [5.41, 5.74) is -0.411. The van der Waals surface area contributed by atoms with Gasteiger partial charge in [0.05, 0.1) is 5.56 Å². The van der Waals surface area contributed by atoms with Crippen molar-refractivity contribution < 1.29 is 13.2 Å². The molecule has 0 saturated carbocycles. The second-order valence-corrected chi connectivity index (χ2v) is 5.01. The van der Waals surface area contributed by atoms with Gasteiger partial charge in [0.1, 0.15) is 5.01 Å². The first-order valence-electron chi connectivity index (χ1n) is 4.24. The molecule has 0 atom stereocenters. The van der Waals surface area contributed by atoms with E-state index >= 15 is 0 Å². The topological polar surface area (TPSA) is 25.8 Å². The van der Waals surface area contributed by atoms with Crippen LogP contribution in [0.5, 0.6) is 0 Å². The smallest absolute Gasteiger partial charge is 0.205 e. The Balaban J connectivity index is 2.54. The van der Waals surface area contributed by atoms with E-state index in [2.05, 4.69) is 25.3 Å². The number of halogens is 5. The van der Waals surface area contributed by atoms with Crippen molar-refractivity contribution >= 4 is 39.1 Å². The third-order valence-electron chi connectivity index (χ3n) is 1.93. The molecule has 90 valence electrons. The van der Waals surface area contributed by atoms with E-state index in [1.54, 1.807) is 0 Å². The van der Waals surface area contributed by atoms with Gasteiger partial charge in [-0.25, -0.2) is 4.98 Å². The number of hydrogen-bond acceptors (Lipinski definition) is 3. The van der Waals surface area contributed by atoms with E-state index in [-0.39, 0.29) is 5.28 Å². The predicted molar refractivity (Wildman–Crippen MR) is 63.1 cm³/mol. The summed E-state index contributed by atoms with van der Waals surface area (Å²) in [6, 6.07) is 3.34. The fourth-order valence-corrected chi connectivity index (χ4v) is 2.58. The molecule has 2 nitrogen and oxygen atoms in total. The van der Waals surface area contributed by atoms with Gasteiger partial charge in [-0.15, -0.1) is 0 Å². The lowest BCUT2D eigenvalue weighted by Gasteiger charge is -2.08. The molecule has 8 heteroatoms. The Morgan fingerprint density at radius 1 is 1.29 bits per heavy atom. The van der Waals surface area contributed by atoms with Gasteiger partial charge in [-0.3, -0.25) is 0 Å². The zero-order chi connectivity index (χ0) is 12.6. The van der Waals surface area contributed by atoms with E-state index in [9.17, 15) is 13.2 Å². The van der Waals surface area contributed by atoms with Crippen molar-refractivity contribution in [2.75, 3.05) is 0 Å². The summed E-state index contributed by atoms with van der Waals surface area (Å²) in [7, 11) is 0. The zero-order valence-corrected chi connectivity index (χ0v) is 11.1. The molecule has 0 radical (unpaired) electrons. The van der Waals surface area contributed by atoms with E-state index in [1.807, 2.05) is 0 Å². The largest absolute Gasteiger partial charge is 0.416 e. The van der Waals surface area contributed by atoms with E-state index < -0.39 is 11.7 Å². The van der Waals surface area contributed by atoms with Crippen LogP contribution in [-0.4, -0.2) is 9.36 Å². The lowest BCUT2D eigenvalue weighted by atomic mass is 10.1. The summed E-state index contributed by atoms with van der Waals surface area (Å²) >= 11 is 9.66. The highest BCUT2D eigenvalue weighted by atomic mass is 79.9. The van der Waals surface area contributed by atoms with Gasteiger partial charge in [0.2, 0.25) is 5.28 Å². The first kappa shape index (κ1) is 12.8. The van der Waals surface area contributed by atoms with E-state index in [1.165, 1.54) is 6.07 Å². The summed E-state index contributed by atoms with van der Waals surface area (Å²) in [6.07, 6.45) is -4.38. The van der Waals surface area contributed by atoms with Crippen molar-refractivity contribution in [2.45, 2.75) is 6.18 Å². The molecular formula is C9H3BrClF3N2S. The molecule has 0 aliphatic heterocycles. The maximum absolute atomic E-state index is 12.5. The molecule has 1 heterocycles. The Labute approximate surface area is 112 Å². The van der Waals surface area contributed by atoms with Crippen LogP contribution in [0, 0.1) is 0 Å². The molecule has 1 aromatic carbocycles. The molecule has 17 heavy (non-hydrogen) atoms. The minimum atomic E-state index is -4.38. The van der Waals surface area contributed by atoms with Gasteiger partial charge in [-0.1, -0.05) is 15.9 Å². The van der Waals surface area contributed by atoms with Crippen LogP contribution in [0.4, 0.5) is 13.2 Å². The van der Waals surface area contributed by atoms with E-state index in [0.717, 1.165) is 23.7 Å². The molecule has 0 unspecified atom stereocenters. The van der Waals surface area contributed by atoms with Crippen molar-refractivity contribution in [2.24, 2.45) is 0 Å². The fourth-order valence-electron chi connectivity index (χ4n) is 1.18. The molecule has 2 rings (SSSR count). The lowest BCUT2D eigenvalue weighted by molar-refractivity contribution is -0.137. The number of nitrogens with zero attached hydrogens (tertiary/aromatic N) is 2. The molecule has 0 fully saturated rings. The predicted octanol–water partition coefficient (Wildman–Crippen LogP) is 4.64. The number of hydrogen-bond donors (Lipinski definition) is 0. The van der Waals surface area contributed by atoms with Crippen LogP contribution < -0.4 is 0 Å². The fraction of sp³-hybridized carbons (Fsp3) is 0.111. The van der Waals surface area contributed by atoms with Gasteiger partial charge in [0, 0.05) is 10.0 Å². The Morgan fingerprint density at radius 2 is 2.00 bits per heavy atom. The summed E-state index contributed by atoms with van der Waals surface area (Å²) < 4.78 is 41.9. The van der Waals surface area contributed by atoms with Crippen molar-refractivity contribution in [1.82, 2.24) is 9.36 Å². The van der Waals surface area contributed by atoms with Crippen molar-refractivity contribution in [1.29, 1.82) is 0 Å². The van der Waals surface area contributed by atoms with Crippen molar-refractivity contribution in [3.63, 3.8) is 0 Å². The molecule has 0 spiro atoms. The average molecular weight is 344 g/mol. The quantitative estimate of drug-likeness (QED) is 0.754. The monoisotopic (exact) mass is 342 g/mol. The number of alkyl halides is 3. The second kappa shape index (κ2) is 4.55. The number of benzene rings is 1. The van der Waals surface area contributed by atoms with Gasteiger partial charge >= 0.3 is 6.18 Å². The molecule has 2 aromatic rings. The normalized spacial score (nSPS) is 11.8. The van der Waals surface area contributed by atoms with Gasteiger partial charge in [0.15, 0.2) is 0 Å². The minimum Gasteiger partial charge on any atom is -0.205 e. The maximum atomic E-state index is 12.5. The highest BCUT2D eigenvalue weighted by molar-refractivity contribution is 9.10. The van der Waals surface area contributed by atoms with Crippen LogP contribution in [0.25, 0.3) is 10.6 Å². The van der Waals surface area contributed by atoms with Gasteiger partial charge in [-0.05, 0) is 41.3 Å². The van der Waals surface area contributed by atoms with Crippen LogP contribution >= 0.6 is 39.1 Å². The number of aromatic nitrogens is 2. The number of rotatable bonds is 1. The van der Waals surface area contributed by atoms with Gasteiger partial charge in [0.25, 0.3) is 0 Å². The van der Waals surface area contributed by atoms with E-state index in [0.29, 0.717) is 15.0 Å². The highest BCUT2D eigenvalue weighted by Crippen LogP contribution is 2.36. The Bertz CT molecular complexity index is 555. The van der Waals surface area contributed by atoms with Gasteiger partial charge in [-0.2, -0.15) is 17.5 Å². The first-order valence-corrected chi connectivity index (χ1v) is 6.18. The maximum Gasteiger partial charge on any atom is 0.416 e. The molecular weight excluding hydrogens is 341 g/mol. The molecule has 0 aliphatic rings. The Morgan fingerprint density at radius 3 is 2.53 bits per heavy atom. The van der Waals surface area contributed by atoms with Crippen LogP contribution in [0.3, 0.4) is 0 Å². The van der Waals surface area contributed by atoms with Crippen LogP contribution in [0.2, 0.25) is 5.28 Å². The SMILES string of the molecule is FC(F)(F)c1ccc(Br)c(-c2nc(Cl)ns2)c1. The third-order valence-corrected chi connectivity index (χ3v) is 3.63. The lowest BCUT2D eigenvalue weighted by Crippen LogP contribution is -2.04. The summed E-state index contributed by atoms with van der Waals surface area (Å²) in [5.74, 6) is 0. The Kier molecular flexibility index (Phi) is 3.42. The van der Waals surface area contributed by atoms with Crippen molar-refractivity contribution in [3.05, 3.63) is 33.5 Å². The van der Waals surface area contributed by atoms with Crippen LogP contribution in [0.1, 0.15) is 5.56 Å². The minimum absolute atomic E-state index is 0.0225. The van der Waals surface area contributed by atoms with Crippen LogP contribution in [0.15, 0.2) is 22.7 Å². The average Bonchev–Trinajstić information content (AvgIpc) is 2.63. The standard InChI is InChI=1S/C9H3BrClF3N2S/c10-6-2-1-4(9(12,13)14)3-5(6)7-15-8(11)16-17-7/h1-3H. The molecule has 0 aliphatic carbocycles. The molecule has 0 saturated heterocycles. The third kappa shape index (κ3) is 2.78.